The number of carbonyl (C=O) groups is 1. The van der Waals surface area contributed by atoms with Crippen molar-refractivity contribution in [2.45, 2.75) is 19.8 Å². The molecule has 1 fully saturated rings. The molecule has 1 aromatic carbocycles. The van der Waals surface area contributed by atoms with E-state index < -0.39 is 0 Å². The predicted octanol–water partition coefficient (Wildman–Crippen LogP) is 3.85. The molecular formula is C12H12Cl2O. The van der Waals surface area contributed by atoms with Crippen LogP contribution in [-0.2, 0) is 4.79 Å². The highest BCUT2D eigenvalue weighted by molar-refractivity contribution is 6.64. The van der Waals surface area contributed by atoms with Crippen molar-refractivity contribution >= 4 is 28.4 Å². The number of hydrogen-bond acceptors (Lipinski definition) is 1. The van der Waals surface area contributed by atoms with Crippen LogP contribution in [0.25, 0.3) is 0 Å². The fourth-order valence-electron chi connectivity index (χ4n) is 2.35. The molecule has 0 N–H and O–H groups in total. The van der Waals surface area contributed by atoms with Crippen LogP contribution in [0.1, 0.15) is 25.3 Å². The monoisotopic (exact) mass is 242 g/mol. The molecule has 1 saturated carbocycles. The van der Waals surface area contributed by atoms with E-state index in [9.17, 15) is 4.79 Å². The van der Waals surface area contributed by atoms with Crippen LogP contribution < -0.4 is 0 Å². The Morgan fingerprint density at radius 1 is 1.27 bits per heavy atom. The summed E-state index contributed by atoms with van der Waals surface area (Å²) in [7, 11) is 0. The molecule has 0 aliphatic heterocycles. The summed E-state index contributed by atoms with van der Waals surface area (Å²) in [5, 5.41) is 0.478. The fourth-order valence-corrected chi connectivity index (χ4v) is 2.89. The van der Waals surface area contributed by atoms with E-state index in [-0.39, 0.29) is 22.5 Å². The van der Waals surface area contributed by atoms with Crippen LogP contribution in [-0.4, -0.2) is 5.24 Å². The molecule has 0 bridgehead atoms. The van der Waals surface area contributed by atoms with Gasteiger partial charge in [0.25, 0.3) is 0 Å². The van der Waals surface area contributed by atoms with Gasteiger partial charge in [-0.05, 0) is 34.7 Å². The first-order valence-corrected chi connectivity index (χ1v) is 5.65. The molecule has 0 aromatic heterocycles. The maximum Gasteiger partial charge on any atom is 0.225 e. The lowest BCUT2D eigenvalue weighted by atomic mass is 10.0. The maximum atomic E-state index is 11.2. The van der Waals surface area contributed by atoms with Crippen LogP contribution >= 0.6 is 23.2 Å². The standard InChI is InChI=1S/C12H12Cl2O/c1-12(2)9(10(12)11(14)15)7-3-5-8(13)6-4-7/h3-6,9-10H,1-2H3/t9-,10+/m0/s1. The Balaban J connectivity index is 2.27. The molecule has 1 aliphatic rings. The second kappa shape index (κ2) is 3.50. The van der Waals surface area contributed by atoms with E-state index in [2.05, 4.69) is 13.8 Å². The summed E-state index contributed by atoms with van der Waals surface area (Å²) in [6.07, 6.45) is 0. The molecule has 3 heteroatoms. The minimum Gasteiger partial charge on any atom is -0.281 e. The van der Waals surface area contributed by atoms with Crippen LogP contribution in [0.3, 0.4) is 0 Å². The molecule has 1 aliphatic carbocycles. The summed E-state index contributed by atoms with van der Waals surface area (Å²) < 4.78 is 0. The zero-order valence-corrected chi connectivity index (χ0v) is 10.1. The van der Waals surface area contributed by atoms with E-state index in [0.717, 1.165) is 5.56 Å². The van der Waals surface area contributed by atoms with E-state index in [0.29, 0.717) is 5.02 Å². The molecule has 0 amide bonds. The normalized spacial score (nSPS) is 27.5. The van der Waals surface area contributed by atoms with Crippen molar-refractivity contribution in [1.82, 2.24) is 0 Å². The van der Waals surface area contributed by atoms with Gasteiger partial charge in [0.05, 0.1) is 0 Å². The molecule has 0 spiro atoms. The SMILES string of the molecule is CC1(C)[C@@H](C(=O)Cl)[C@@H]1c1ccc(Cl)cc1. The first-order valence-electron chi connectivity index (χ1n) is 4.89. The number of rotatable bonds is 2. The lowest BCUT2D eigenvalue weighted by Crippen LogP contribution is -1.96. The van der Waals surface area contributed by atoms with Crippen molar-refractivity contribution in [3.63, 3.8) is 0 Å². The highest BCUT2D eigenvalue weighted by Crippen LogP contribution is 2.65. The Morgan fingerprint density at radius 2 is 1.80 bits per heavy atom. The molecule has 2 rings (SSSR count). The summed E-state index contributed by atoms with van der Waals surface area (Å²) in [5.41, 5.74) is 1.12. The van der Waals surface area contributed by atoms with Crippen molar-refractivity contribution in [3.8, 4) is 0 Å². The number of hydrogen-bond donors (Lipinski definition) is 0. The van der Waals surface area contributed by atoms with Gasteiger partial charge in [-0.1, -0.05) is 37.6 Å². The van der Waals surface area contributed by atoms with Crippen molar-refractivity contribution in [3.05, 3.63) is 34.9 Å². The van der Waals surface area contributed by atoms with E-state index in [1.807, 2.05) is 24.3 Å². The van der Waals surface area contributed by atoms with Crippen LogP contribution in [0.4, 0.5) is 0 Å². The highest BCUT2D eigenvalue weighted by Gasteiger charge is 2.61. The average molecular weight is 243 g/mol. The van der Waals surface area contributed by atoms with Crippen LogP contribution in [0.15, 0.2) is 24.3 Å². The van der Waals surface area contributed by atoms with E-state index in [4.69, 9.17) is 23.2 Å². The Labute approximate surface area is 99.4 Å². The predicted molar refractivity (Wildman–Crippen MR) is 62.3 cm³/mol. The van der Waals surface area contributed by atoms with Gasteiger partial charge in [0.15, 0.2) is 0 Å². The van der Waals surface area contributed by atoms with Gasteiger partial charge in [-0.15, -0.1) is 0 Å². The summed E-state index contributed by atoms with van der Waals surface area (Å²) in [6, 6.07) is 7.63. The van der Waals surface area contributed by atoms with Gasteiger partial charge in [0, 0.05) is 16.9 Å². The second-order valence-electron chi connectivity index (χ2n) is 4.63. The molecule has 0 radical (unpaired) electrons. The lowest BCUT2D eigenvalue weighted by molar-refractivity contribution is -0.113. The van der Waals surface area contributed by atoms with Gasteiger partial charge < -0.3 is 0 Å². The van der Waals surface area contributed by atoms with E-state index in [1.165, 1.54) is 0 Å². The molecule has 80 valence electrons. The molecule has 1 nitrogen and oxygen atoms in total. The molecule has 0 saturated heterocycles. The van der Waals surface area contributed by atoms with Gasteiger partial charge in [0.1, 0.15) is 0 Å². The summed E-state index contributed by atoms with van der Waals surface area (Å²) in [5.74, 6) is 0.181. The Hall–Kier alpha value is -0.530. The second-order valence-corrected chi connectivity index (χ2v) is 5.44. The molecule has 2 atom stereocenters. The molecular weight excluding hydrogens is 231 g/mol. The van der Waals surface area contributed by atoms with Gasteiger partial charge in [-0.2, -0.15) is 0 Å². The van der Waals surface area contributed by atoms with Crippen LogP contribution in [0.5, 0.6) is 0 Å². The van der Waals surface area contributed by atoms with Gasteiger partial charge >= 0.3 is 0 Å². The van der Waals surface area contributed by atoms with Crippen LogP contribution in [0.2, 0.25) is 5.02 Å². The van der Waals surface area contributed by atoms with Gasteiger partial charge in [0.2, 0.25) is 5.24 Å². The molecule has 15 heavy (non-hydrogen) atoms. The first kappa shape index (κ1) is 11.0. The van der Waals surface area contributed by atoms with Crippen LogP contribution in [0, 0.1) is 11.3 Å². The quantitative estimate of drug-likeness (QED) is 0.721. The van der Waals surface area contributed by atoms with Gasteiger partial charge in [-0.25, -0.2) is 0 Å². The topological polar surface area (TPSA) is 17.1 Å². The fraction of sp³-hybridized carbons (Fsp3) is 0.417. The summed E-state index contributed by atoms with van der Waals surface area (Å²) in [4.78, 5) is 11.2. The van der Waals surface area contributed by atoms with Crippen molar-refractivity contribution in [1.29, 1.82) is 0 Å². The smallest absolute Gasteiger partial charge is 0.225 e. The van der Waals surface area contributed by atoms with Crippen molar-refractivity contribution < 1.29 is 4.79 Å². The minimum atomic E-state index is -0.236. The zero-order valence-electron chi connectivity index (χ0n) is 8.63. The van der Waals surface area contributed by atoms with E-state index in [1.54, 1.807) is 0 Å². The Kier molecular flexibility index (Phi) is 2.56. The number of carbonyl (C=O) groups excluding carboxylic acids is 1. The minimum absolute atomic E-state index is 0.0212. The maximum absolute atomic E-state index is 11.2. The lowest BCUT2D eigenvalue weighted by Gasteiger charge is -2.02. The Morgan fingerprint density at radius 3 is 2.20 bits per heavy atom. The zero-order chi connectivity index (χ0) is 11.2. The number of benzene rings is 1. The molecule has 0 unspecified atom stereocenters. The first-order chi connectivity index (χ1) is 6.94. The van der Waals surface area contributed by atoms with E-state index >= 15 is 0 Å². The highest BCUT2D eigenvalue weighted by atomic mass is 35.5. The number of halogens is 2. The summed E-state index contributed by atoms with van der Waals surface area (Å²) in [6.45, 7) is 4.13. The average Bonchev–Trinajstić information content (AvgIpc) is 2.70. The third-order valence-corrected chi connectivity index (χ3v) is 3.79. The largest absolute Gasteiger partial charge is 0.281 e. The molecule has 1 aromatic rings. The third kappa shape index (κ3) is 1.79. The Bertz CT molecular complexity index is 395. The van der Waals surface area contributed by atoms with Gasteiger partial charge in [-0.3, -0.25) is 4.79 Å². The summed E-state index contributed by atoms with van der Waals surface area (Å²) >= 11 is 11.4. The van der Waals surface area contributed by atoms with Crippen molar-refractivity contribution in [2.24, 2.45) is 11.3 Å². The third-order valence-electron chi connectivity index (χ3n) is 3.30. The molecule has 0 heterocycles. The van der Waals surface area contributed by atoms with Crippen molar-refractivity contribution in [2.75, 3.05) is 0 Å².